The number of benzene rings is 4. The van der Waals surface area contributed by atoms with Crippen molar-refractivity contribution in [3.63, 3.8) is 0 Å². The number of nitrogens with one attached hydrogen (secondary N) is 1. The fraction of sp³-hybridized carbons (Fsp3) is 0.129. The van der Waals surface area contributed by atoms with Gasteiger partial charge in [-0.1, -0.05) is 97.1 Å². The van der Waals surface area contributed by atoms with E-state index >= 15 is 0 Å². The number of carbonyl (C=O) groups excluding carboxylic acids is 3. The first-order valence-corrected chi connectivity index (χ1v) is 11.9. The number of fused-ring (bicyclic) bond motifs is 1. The molecule has 1 aliphatic heterocycles. The van der Waals surface area contributed by atoms with E-state index in [-0.39, 0.29) is 18.6 Å². The largest absolute Gasteiger partial charge is 0.424 e. The van der Waals surface area contributed by atoms with E-state index in [2.05, 4.69) is 5.32 Å². The van der Waals surface area contributed by atoms with Crippen LogP contribution in [0.5, 0.6) is 5.75 Å². The normalized spacial score (nSPS) is 18.6. The summed E-state index contributed by atoms with van der Waals surface area (Å²) >= 11 is 0. The van der Waals surface area contributed by atoms with Crippen LogP contribution in [-0.2, 0) is 11.2 Å². The van der Waals surface area contributed by atoms with Gasteiger partial charge in [0.1, 0.15) is 11.3 Å². The molecule has 1 aliphatic rings. The summed E-state index contributed by atoms with van der Waals surface area (Å²) in [6.45, 7) is 0. The molecule has 4 aromatic rings. The second kappa shape index (κ2) is 10.0. The number of Topliss-reactive ketones (excluding diaryl/α,β-unsaturated/α-hetero) is 1. The van der Waals surface area contributed by atoms with Crippen LogP contribution in [0.1, 0.15) is 44.2 Å². The van der Waals surface area contributed by atoms with E-state index in [0.717, 1.165) is 5.56 Å². The van der Waals surface area contributed by atoms with E-state index in [1.54, 1.807) is 48.5 Å². The Kier molecular flexibility index (Phi) is 6.46. The van der Waals surface area contributed by atoms with Crippen molar-refractivity contribution in [3.8, 4) is 5.75 Å². The van der Waals surface area contributed by atoms with E-state index in [4.69, 9.17) is 4.74 Å². The van der Waals surface area contributed by atoms with Crippen molar-refractivity contribution in [2.24, 2.45) is 0 Å². The third-order valence-corrected chi connectivity index (χ3v) is 6.64. The summed E-state index contributed by atoms with van der Waals surface area (Å²) in [6.07, 6.45) is 0.199. The molecule has 178 valence electrons. The van der Waals surface area contributed by atoms with Crippen molar-refractivity contribution < 1.29 is 19.1 Å². The lowest BCUT2D eigenvalue weighted by Gasteiger charge is -2.43. The molecule has 0 aliphatic carbocycles. The maximum atomic E-state index is 13.8. The molecule has 0 saturated carbocycles. The zero-order valence-corrected chi connectivity index (χ0v) is 19.6. The van der Waals surface area contributed by atoms with Crippen LogP contribution in [0.2, 0.25) is 0 Å². The first-order chi connectivity index (χ1) is 17.6. The summed E-state index contributed by atoms with van der Waals surface area (Å²) < 4.78 is 5.81. The van der Waals surface area contributed by atoms with Crippen molar-refractivity contribution in [3.05, 3.63) is 138 Å². The van der Waals surface area contributed by atoms with Crippen LogP contribution in [0.3, 0.4) is 0 Å². The van der Waals surface area contributed by atoms with Gasteiger partial charge in [-0.2, -0.15) is 0 Å². The molecule has 0 fully saturated rings. The Morgan fingerprint density at radius 2 is 1.28 bits per heavy atom. The highest BCUT2D eigenvalue weighted by atomic mass is 16.5. The van der Waals surface area contributed by atoms with Gasteiger partial charge in [-0.15, -0.1) is 0 Å². The Balaban J connectivity index is 1.64. The quantitative estimate of drug-likeness (QED) is 0.221. The minimum Gasteiger partial charge on any atom is -0.424 e. The lowest BCUT2D eigenvalue weighted by molar-refractivity contribution is -0.144. The van der Waals surface area contributed by atoms with Crippen LogP contribution >= 0.6 is 0 Å². The zero-order chi connectivity index (χ0) is 25.0. The Labute approximate surface area is 209 Å². The van der Waals surface area contributed by atoms with E-state index in [1.165, 1.54) is 0 Å². The lowest BCUT2D eigenvalue weighted by atomic mass is 9.70. The number of rotatable bonds is 7. The fourth-order valence-corrected chi connectivity index (χ4v) is 4.83. The predicted octanol–water partition coefficient (Wildman–Crippen LogP) is 5.37. The van der Waals surface area contributed by atoms with Gasteiger partial charge in [0, 0.05) is 35.4 Å². The summed E-state index contributed by atoms with van der Waals surface area (Å²) in [5.41, 5.74) is 1.04. The Morgan fingerprint density at radius 1 is 0.722 bits per heavy atom. The molecule has 0 unspecified atom stereocenters. The smallest absolute Gasteiger partial charge is 0.338 e. The zero-order valence-electron chi connectivity index (χ0n) is 19.6. The maximum absolute atomic E-state index is 13.8. The second-order valence-electron chi connectivity index (χ2n) is 8.93. The van der Waals surface area contributed by atoms with E-state index in [0.29, 0.717) is 22.4 Å². The number of hydrogen-bond acceptors (Lipinski definition) is 4. The Bertz CT molecular complexity index is 1390. The summed E-state index contributed by atoms with van der Waals surface area (Å²) in [4.78, 5) is 40.8. The van der Waals surface area contributed by atoms with Gasteiger partial charge in [0.2, 0.25) is 0 Å². The van der Waals surface area contributed by atoms with Crippen molar-refractivity contribution in [1.82, 2.24) is 5.32 Å². The van der Waals surface area contributed by atoms with Crippen LogP contribution in [0, 0.1) is 0 Å². The molecule has 0 bridgehead atoms. The molecule has 4 aromatic carbocycles. The molecule has 0 spiro atoms. The lowest BCUT2D eigenvalue weighted by Crippen LogP contribution is -2.63. The molecule has 0 radical (unpaired) electrons. The van der Waals surface area contributed by atoms with E-state index < -0.39 is 23.3 Å². The number of amides is 1. The van der Waals surface area contributed by atoms with Gasteiger partial charge in [-0.05, 0) is 23.8 Å². The standard InChI is InChI=1S/C31H25NO4/c33-27(23-14-6-2-7-15-23)20-26-25-18-10-11-19-28(25)36-30(35)31(26,21-22-12-4-1-5-13-22)32-29(34)24-16-8-3-9-17-24/h1-19,26H,20-21H2,(H,32,34)/t26-,31+/m1/s1. The third-order valence-electron chi connectivity index (χ3n) is 6.64. The SMILES string of the molecule is O=C(C[C@@H]1c2ccccc2OC(=O)[C@@]1(Cc1ccccc1)NC(=O)c1ccccc1)c1ccccc1. The predicted molar refractivity (Wildman–Crippen MR) is 137 cm³/mol. The van der Waals surface area contributed by atoms with Gasteiger partial charge in [0.05, 0.1) is 0 Å². The number of para-hydroxylation sites is 1. The number of esters is 1. The number of ketones is 1. The van der Waals surface area contributed by atoms with E-state index in [9.17, 15) is 14.4 Å². The molecule has 0 saturated heterocycles. The average Bonchev–Trinajstić information content (AvgIpc) is 2.92. The molecule has 5 nitrogen and oxygen atoms in total. The van der Waals surface area contributed by atoms with Crippen molar-refractivity contribution >= 4 is 17.7 Å². The summed E-state index contributed by atoms with van der Waals surface area (Å²) in [6, 6.07) is 34.4. The highest BCUT2D eigenvalue weighted by Crippen LogP contribution is 2.44. The monoisotopic (exact) mass is 475 g/mol. The Morgan fingerprint density at radius 3 is 1.94 bits per heavy atom. The molecule has 5 heteroatoms. The third kappa shape index (κ3) is 4.56. The molecule has 36 heavy (non-hydrogen) atoms. The minimum atomic E-state index is -1.49. The maximum Gasteiger partial charge on any atom is 0.338 e. The van der Waals surface area contributed by atoms with Crippen LogP contribution in [0.25, 0.3) is 0 Å². The molecular formula is C31H25NO4. The molecule has 1 heterocycles. The van der Waals surface area contributed by atoms with Gasteiger partial charge in [-0.25, -0.2) is 4.79 Å². The topological polar surface area (TPSA) is 72.5 Å². The number of hydrogen-bond donors (Lipinski definition) is 1. The van der Waals surface area contributed by atoms with Gasteiger partial charge < -0.3 is 10.1 Å². The minimum absolute atomic E-state index is 0.0258. The Hall–Kier alpha value is -4.51. The van der Waals surface area contributed by atoms with Crippen molar-refractivity contribution in [1.29, 1.82) is 0 Å². The summed E-state index contributed by atoms with van der Waals surface area (Å²) in [7, 11) is 0. The van der Waals surface area contributed by atoms with Gasteiger partial charge in [-0.3, -0.25) is 9.59 Å². The molecule has 0 aromatic heterocycles. The van der Waals surface area contributed by atoms with Crippen LogP contribution in [0.4, 0.5) is 0 Å². The van der Waals surface area contributed by atoms with Crippen molar-refractivity contribution in [2.45, 2.75) is 24.3 Å². The van der Waals surface area contributed by atoms with Crippen LogP contribution < -0.4 is 10.1 Å². The molecule has 5 rings (SSSR count). The molecule has 2 atom stereocenters. The average molecular weight is 476 g/mol. The van der Waals surface area contributed by atoms with Gasteiger partial charge >= 0.3 is 5.97 Å². The number of carbonyl (C=O) groups is 3. The second-order valence-corrected chi connectivity index (χ2v) is 8.93. The molecule has 1 amide bonds. The van der Waals surface area contributed by atoms with Gasteiger partial charge in [0.25, 0.3) is 5.91 Å². The number of ether oxygens (including phenoxy) is 1. The van der Waals surface area contributed by atoms with Gasteiger partial charge in [0.15, 0.2) is 5.78 Å². The summed E-state index contributed by atoms with van der Waals surface area (Å²) in [5.74, 6) is -1.33. The highest BCUT2D eigenvalue weighted by molar-refractivity contribution is 6.02. The van der Waals surface area contributed by atoms with Crippen LogP contribution in [0.15, 0.2) is 115 Å². The highest BCUT2D eigenvalue weighted by Gasteiger charge is 2.53. The molecule has 1 N–H and O–H groups in total. The molecular weight excluding hydrogens is 450 g/mol. The van der Waals surface area contributed by atoms with Crippen LogP contribution in [-0.4, -0.2) is 23.2 Å². The van der Waals surface area contributed by atoms with Crippen molar-refractivity contribution in [2.75, 3.05) is 0 Å². The first kappa shape index (κ1) is 23.2. The fourth-order valence-electron chi connectivity index (χ4n) is 4.83. The first-order valence-electron chi connectivity index (χ1n) is 11.9. The summed E-state index contributed by atoms with van der Waals surface area (Å²) in [5, 5.41) is 3.03. The van der Waals surface area contributed by atoms with E-state index in [1.807, 2.05) is 66.7 Å².